The lowest BCUT2D eigenvalue weighted by Crippen LogP contribution is -2.63. The van der Waals surface area contributed by atoms with E-state index in [1.165, 1.54) is 6.07 Å². The number of ether oxygens (including phenoxy) is 5. The Labute approximate surface area is 222 Å². The number of carbonyl (C=O) groups is 1. The molecule has 2 aromatic rings. The van der Waals surface area contributed by atoms with Crippen LogP contribution >= 0.6 is 0 Å². The summed E-state index contributed by atoms with van der Waals surface area (Å²) in [4.78, 5) is 12.8. The largest absolute Gasteiger partial charge is 0.507 e. The maximum atomic E-state index is 12.8. The van der Waals surface area contributed by atoms with Gasteiger partial charge in [0.15, 0.2) is 18.2 Å². The maximum absolute atomic E-state index is 12.8. The molecule has 13 heteroatoms. The molecule has 7 N–H and O–H groups in total. The molecule has 0 amide bonds. The Morgan fingerprint density at radius 1 is 0.923 bits per heavy atom. The molecule has 10 atom stereocenters. The number of fused-ring (bicyclic) bond motifs is 1. The van der Waals surface area contributed by atoms with Crippen molar-refractivity contribution in [3.63, 3.8) is 0 Å². The third kappa shape index (κ3) is 5.45. The van der Waals surface area contributed by atoms with Crippen LogP contribution in [0.15, 0.2) is 42.5 Å². The summed E-state index contributed by atoms with van der Waals surface area (Å²) in [5.74, 6) is -0.778. The van der Waals surface area contributed by atoms with Gasteiger partial charge in [0.1, 0.15) is 65.5 Å². The highest BCUT2D eigenvalue weighted by atomic mass is 16.8. The molecule has 2 fully saturated rings. The van der Waals surface area contributed by atoms with Crippen LogP contribution in [-0.2, 0) is 14.2 Å². The second-order valence-electron chi connectivity index (χ2n) is 9.64. The molecule has 0 aromatic heterocycles. The molecular weight excluding hydrogens is 520 g/mol. The second kappa shape index (κ2) is 11.3. The molecule has 212 valence electrons. The molecule has 2 aromatic carbocycles. The predicted molar refractivity (Wildman–Crippen MR) is 128 cm³/mol. The lowest BCUT2D eigenvalue weighted by Gasteiger charge is -2.44. The molecule has 0 saturated carbocycles. The fourth-order valence-corrected chi connectivity index (χ4v) is 4.82. The number of ketones is 1. The number of aliphatic hydroxyl groups is 6. The van der Waals surface area contributed by atoms with Crippen LogP contribution in [0.3, 0.4) is 0 Å². The van der Waals surface area contributed by atoms with Gasteiger partial charge in [-0.1, -0.05) is 30.3 Å². The molecule has 3 aliphatic rings. The Bertz CT molecular complexity index is 1160. The molecule has 0 radical (unpaired) electrons. The minimum Gasteiger partial charge on any atom is -0.507 e. The number of Topliss-reactive ketones (excluding diaryl/α,β-unsaturated/α-hetero) is 1. The number of rotatable bonds is 6. The van der Waals surface area contributed by atoms with Gasteiger partial charge in [0.2, 0.25) is 6.29 Å². The van der Waals surface area contributed by atoms with Gasteiger partial charge in [0, 0.05) is 12.1 Å². The van der Waals surface area contributed by atoms with Crippen molar-refractivity contribution in [1.29, 1.82) is 0 Å². The quantitative estimate of drug-likeness (QED) is 0.225. The third-order valence-electron chi connectivity index (χ3n) is 6.97. The average Bonchev–Trinajstić information content (AvgIpc) is 2.92. The number of aromatic hydroxyl groups is 1. The van der Waals surface area contributed by atoms with Crippen LogP contribution in [0.1, 0.15) is 28.4 Å². The molecule has 3 heterocycles. The molecule has 2 saturated heterocycles. The van der Waals surface area contributed by atoms with E-state index < -0.39 is 73.8 Å². The van der Waals surface area contributed by atoms with E-state index in [1.807, 2.05) is 6.07 Å². The highest BCUT2D eigenvalue weighted by Gasteiger charge is 2.50. The summed E-state index contributed by atoms with van der Waals surface area (Å²) in [7, 11) is 0. The van der Waals surface area contributed by atoms with E-state index in [0.29, 0.717) is 0 Å². The van der Waals surface area contributed by atoms with Crippen molar-refractivity contribution in [2.75, 3.05) is 13.2 Å². The van der Waals surface area contributed by atoms with E-state index in [4.69, 9.17) is 23.7 Å². The van der Waals surface area contributed by atoms with Crippen molar-refractivity contribution < 1.29 is 64.2 Å². The Morgan fingerprint density at radius 3 is 2.38 bits per heavy atom. The van der Waals surface area contributed by atoms with Crippen LogP contribution in [0, 0.1) is 0 Å². The minimum atomic E-state index is -1.72. The molecule has 0 bridgehead atoms. The zero-order valence-electron chi connectivity index (χ0n) is 20.5. The Hall–Kier alpha value is -2.85. The van der Waals surface area contributed by atoms with Gasteiger partial charge in [-0.15, -0.1) is 0 Å². The molecular formula is C26H30O13. The summed E-state index contributed by atoms with van der Waals surface area (Å²) >= 11 is 0. The molecule has 5 rings (SSSR count). The number of phenols is 1. The van der Waals surface area contributed by atoms with Crippen molar-refractivity contribution >= 4 is 5.78 Å². The van der Waals surface area contributed by atoms with Gasteiger partial charge >= 0.3 is 0 Å². The molecule has 39 heavy (non-hydrogen) atoms. The third-order valence-corrected chi connectivity index (χ3v) is 6.97. The van der Waals surface area contributed by atoms with Crippen molar-refractivity contribution in [2.24, 2.45) is 0 Å². The first-order chi connectivity index (χ1) is 18.7. The van der Waals surface area contributed by atoms with Gasteiger partial charge < -0.3 is 59.4 Å². The zero-order valence-corrected chi connectivity index (χ0v) is 20.5. The van der Waals surface area contributed by atoms with Crippen LogP contribution in [0.2, 0.25) is 0 Å². The minimum absolute atomic E-state index is 0.0128. The van der Waals surface area contributed by atoms with E-state index in [1.54, 1.807) is 24.3 Å². The van der Waals surface area contributed by atoms with Crippen LogP contribution in [-0.4, -0.2) is 110 Å². The molecule has 3 aliphatic heterocycles. The number of aliphatic hydroxyl groups excluding tert-OH is 6. The first-order valence-corrected chi connectivity index (χ1v) is 12.4. The van der Waals surface area contributed by atoms with Crippen LogP contribution in [0.25, 0.3) is 0 Å². The maximum Gasteiger partial charge on any atom is 0.229 e. The first kappa shape index (κ1) is 27.7. The van der Waals surface area contributed by atoms with E-state index >= 15 is 0 Å². The normalized spacial score (nSPS) is 36.6. The van der Waals surface area contributed by atoms with Gasteiger partial charge in [-0.2, -0.15) is 0 Å². The van der Waals surface area contributed by atoms with Crippen LogP contribution < -0.4 is 9.47 Å². The second-order valence-corrected chi connectivity index (χ2v) is 9.64. The predicted octanol–water partition coefficient (Wildman–Crippen LogP) is -1.26. The summed E-state index contributed by atoms with van der Waals surface area (Å²) in [5.41, 5.74) is 0.731. The summed E-state index contributed by atoms with van der Waals surface area (Å²) in [6.45, 7) is -1.07. The number of benzene rings is 2. The Balaban J connectivity index is 1.41. The fraction of sp³-hybridized carbons (Fsp3) is 0.500. The van der Waals surface area contributed by atoms with Crippen molar-refractivity contribution in [3.8, 4) is 17.2 Å². The van der Waals surface area contributed by atoms with Gasteiger partial charge in [-0.05, 0) is 5.56 Å². The van der Waals surface area contributed by atoms with Crippen molar-refractivity contribution in [1.82, 2.24) is 0 Å². The molecule has 0 spiro atoms. The van der Waals surface area contributed by atoms with E-state index in [0.717, 1.165) is 11.6 Å². The Kier molecular flexibility index (Phi) is 8.05. The van der Waals surface area contributed by atoms with Gasteiger partial charge in [0.05, 0.1) is 19.6 Å². The monoisotopic (exact) mass is 550 g/mol. The number of hydrogen-bond acceptors (Lipinski definition) is 13. The van der Waals surface area contributed by atoms with Crippen LogP contribution in [0.5, 0.6) is 17.2 Å². The molecule has 13 nitrogen and oxygen atoms in total. The highest BCUT2D eigenvalue weighted by molar-refractivity contribution is 6.02. The average molecular weight is 551 g/mol. The summed E-state index contributed by atoms with van der Waals surface area (Å²) in [5, 5.41) is 71.3. The summed E-state index contributed by atoms with van der Waals surface area (Å²) in [6, 6.07) is 11.5. The SMILES string of the molecule is O=C1CC(c2ccccc2)Oc2cc(O[C@@H]3O[C@H](CO)[C@@H](O)[C@H](O)[C@H]3O[C@@H]3OC[C@@H](O)[C@H](O)[C@H]3O)cc(O)c21. The Morgan fingerprint density at radius 2 is 1.67 bits per heavy atom. The summed E-state index contributed by atoms with van der Waals surface area (Å²) in [6.07, 6.45) is -14.5. The lowest BCUT2D eigenvalue weighted by atomic mass is 9.95. The number of phenolic OH excluding ortho intramolecular Hbond substituents is 1. The zero-order chi connectivity index (χ0) is 27.8. The van der Waals surface area contributed by atoms with Gasteiger partial charge in [-0.3, -0.25) is 4.79 Å². The van der Waals surface area contributed by atoms with Gasteiger partial charge in [0.25, 0.3) is 0 Å². The van der Waals surface area contributed by atoms with E-state index in [-0.39, 0.29) is 35.9 Å². The van der Waals surface area contributed by atoms with E-state index in [2.05, 4.69) is 0 Å². The molecule has 0 aliphatic carbocycles. The smallest absolute Gasteiger partial charge is 0.229 e. The topological polar surface area (TPSA) is 205 Å². The summed E-state index contributed by atoms with van der Waals surface area (Å²) < 4.78 is 28.3. The number of hydrogen-bond donors (Lipinski definition) is 7. The number of carbonyl (C=O) groups excluding carboxylic acids is 1. The van der Waals surface area contributed by atoms with E-state index in [9.17, 15) is 40.5 Å². The van der Waals surface area contributed by atoms with Crippen molar-refractivity contribution in [2.45, 2.75) is 67.8 Å². The standard InChI is InChI=1S/C26H30O13/c27-9-18-21(32)22(33)24(39-25-23(34)20(31)15(30)10-35-25)26(38-18)36-12-6-13(28)19-14(29)8-16(37-17(19)7-12)11-4-2-1-3-5-11/h1-7,15-16,18,20-28,30-34H,8-10H2/t15-,16?,18-,20+,21-,22+,23-,24-,25+,26-/m1/s1. The van der Waals surface area contributed by atoms with Crippen molar-refractivity contribution in [3.05, 3.63) is 53.6 Å². The van der Waals surface area contributed by atoms with Gasteiger partial charge in [-0.25, -0.2) is 0 Å². The fourth-order valence-electron chi connectivity index (χ4n) is 4.82. The lowest BCUT2D eigenvalue weighted by molar-refractivity contribution is -0.344. The molecule has 1 unspecified atom stereocenters. The highest BCUT2D eigenvalue weighted by Crippen LogP contribution is 2.42. The van der Waals surface area contributed by atoms with Crippen LogP contribution in [0.4, 0.5) is 0 Å². The first-order valence-electron chi connectivity index (χ1n) is 12.4.